The Balaban J connectivity index is 2.36. The number of benzene rings is 2. The summed E-state index contributed by atoms with van der Waals surface area (Å²) in [4.78, 5) is 26.2. The van der Waals surface area contributed by atoms with Crippen LogP contribution in [0, 0.1) is 5.82 Å². The van der Waals surface area contributed by atoms with Crippen LogP contribution in [0.5, 0.6) is 5.75 Å². The first kappa shape index (κ1) is 24.9. The van der Waals surface area contributed by atoms with Crippen molar-refractivity contribution in [3.05, 3.63) is 63.8 Å². The van der Waals surface area contributed by atoms with Crippen molar-refractivity contribution in [1.29, 1.82) is 0 Å². The zero-order valence-corrected chi connectivity index (χ0v) is 20.4. The number of carbonyl (C=O) groups is 1. The number of fused-ring (bicyclic) bond motifs is 1. The molecule has 0 aliphatic carbocycles. The SMILES string of the molecule is C=C(C)c1nn(-c2c(F)cccc2Cl)c(=O)c2cc(N(C)/N=C(/C)N(C=O)CC)c(OC)cc12. The van der Waals surface area contributed by atoms with E-state index in [1.165, 1.54) is 35.2 Å². The van der Waals surface area contributed by atoms with Gasteiger partial charge in [-0.15, -0.1) is 0 Å². The van der Waals surface area contributed by atoms with Crippen molar-refractivity contribution in [2.24, 2.45) is 5.10 Å². The van der Waals surface area contributed by atoms with Gasteiger partial charge in [-0.25, -0.2) is 4.39 Å². The van der Waals surface area contributed by atoms with Crippen molar-refractivity contribution < 1.29 is 13.9 Å². The van der Waals surface area contributed by atoms with E-state index in [9.17, 15) is 14.0 Å². The number of hydrogen-bond donors (Lipinski definition) is 0. The maximum absolute atomic E-state index is 14.7. The van der Waals surface area contributed by atoms with Gasteiger partial charge in [0.25, 0.3) is 5.56 Å². The molecule has 0 saturated carbocycles. The van der Waals surface area contributed by atoms with Crippen molar-refractivity contribution in [2.45, 2.75) is 20.8 Å². The minimum Gasteiger partial charge on any atom is -0.494 e. The lowest BCUT2D eigenvalue weighted by Crippen LogP contribution is -2.29. The molecule has 3 rings (SSSR count). The van der Waals surface area contributed by atoms with Gasteiger partial charge in [-0.05, 0) is 50.6 Å². The predicted octanol–water partition coefficient (Wildman–Crippen LogP) is 4.47. The van der Waals surface area contributed by atoms with Crippen LogP contribution >= 0.6 is 11.6 Å². The molecule has 2 aromatic carbocycles. The lowest BCUT2D eigenvalue weighted by atomic mass is 10.1. The van der Waals surface area contributed by atoms with E-state index in [0.717, 1.165) is 4.68 Å². The summed E-state index contributed by atoms with van der Waals surface area (Å²) >= 11 is 6.22. The molecule has 0 aliphatic heterocycles. The first-order valence-electron chi connectivity index (χ1n) is 10.4. The second-order valence-electron chi connectivity index (χ2n) is 7.55. The molecule has 178 valence electrons. The second kappa shape index (κ2) is 10.0. The number of aromatic nitrogens is 2. The summed E-state index contributed by atoms with van der Waals surface area (Å²) in [6, 6.07) is 7.39. The fourth-order valence-corrected chi connectivity index (χ4v) is 3.78. The van der Waals surface area contributed by atoms with E-state index in [-0.39, 0.29) is 16.1 Å². The standard InChI is InChI=1S/C24H25ClFN5O3/c1-7-30(13-32)15(4)27-29(5)20-11-17-16(12-21(20)34-6)22(14(2)3)28-31(24(17)33)23-18(25)9-8-10-19(23)26/h8-13H,2,7H2,1,3-6H3/b27-15-. The average Bonchev–Trinajstić information content (AvgIpc) is 2.80. The van der Waals surface area contributed by atoms with Gasteiger partial charge in [0.2, 0.25) is 6.41 Å². The number of hydrazone groups is 1. The molecule has 34 heavy (non-hydrogen) atoms. The van der Waals surface area contributed by atoms with Crippen LogP contribution < -0.4 is 15.3 Å². The largest absolute Gasteiger partial charge is 0.494 e. The van der Waals surface area contributed by atoms with Gasteiger partial charge in [0.15, 0.2) is 5.82 Å². The molecule has 0 atom stereocenters. The second-order valence-corrected chi connectivity index (χ2v) is 7.96. The Bertz CT molecular complexity index is 1350. The highest BCUT2D eigenvalue weighted by molar-refractivity contribution is 6.32. The first-order chi connectivity index (χ1) is 16.1. The minimum absolute atomic E-state index is 0.0428. The van der Waals surface area contributed by atoms with Gasteiger partial charge in [0.05, 0.1) is 23.2 Å². The Morgan fingerprint density at radius 2 is 2.03 bits per heavy atom. The molecule has 0 aliphatic rings. The predicted molar refractivity (Wildman–Crippen MR) is 134 cm³/mol. The number of amides is 1. The highest BCUT2D eigenvalue weighted by Gasteiger charge is 2.21. The molecule has 8 nitrogen and oxygen atoms in total. The number of halogens is 2. The Morgan fingerprint density at radius 3 is 2.59 bits per heavy atom. The lowest BCUT2D eigenvalue weighted by Gasteiger charge is -2.22. The quantitative estimate of drug-likeness (QED) is 0.213. The molecule has 1 amide bonds. The molecular formula is C24H25ClFN5O3. The molecule has 0 spiro atoms. The van der Waals surface area contributed by atoms with Crippen LogP contribution in [0.1, 0.15) is 26.5 Å². The van der Waals surface area contributed by atoms with Crippen molar-refractivity contribution in [2.75, 3.05) is 25.7 Å². The van der Waals surface area contributed by atoms with E-state index in [4.69, 9.17) is 16.3 Å². The molecule has 0 radical (unpaired) electrons. The van der Waals surface area contributed by atoms with Gasteiger partial charge < -0.3 is 9.64 Å². The number of carbonyl (C=O) groups excluding carboxylic acids is 1. The molecule has 3 aromatic rings. The van der Waals surface area contributed by atoms with Crippen molar-refractivity contribution >= 4 is 45.9 Å². The van der Waals surface area contributed by atoms with Crippen molar-refractivity contribution in [3.63, 3.8) is 0 Å². The molecule has 0 fully saturated rings. The minimum atomic E-state index is -0.686. The third-order valence-corrected chi connectivity index (χ3v) is 5.58. The summed E-state index contributed by atoms with van der Waals surface area (Å²) in [7, 11) is 3.16. The zero-order chi connectivity index (χ0) is 25.2. The van der Waals surface area contributed by atoms with Gasteiger partial charge in [-0.3, -0.25) is 14.6 Å². The molecule has 0 bridgehead atoms. The van der Waals surface area contributed by atoms with E-state index in [2.05, 4.69) is 16.8 Å². The number of allylic oxidation sites excluding steroid dienone is 1. The van der Waals surface area contributed by atoms with Gasteiger partial charge in [0.1, 0.15) is 23.0 Å². The number of hydrogen-bond acceptors (Lipinski definition) is 6. The van der Waals surface area contributed by atoms with Crippen LogP contribution in [0.4, 0.5) is 10.1 Å². The van der Waals surface area contributed by atoms with E-state index in [0.29, 0.717) is 46.9 Å². The fourth-order valence-electron chi connectivity index (χ4n) is 3.54. The van der Waals surface area contributed by atoms with Crippen LogP contribution in [0.3, 0.4) is 0 Å². The number of ether oxygens (including phenoxy) is 1. The summed E-state index contributed by atoms with van der Waals surface area (Å²) in [5.41, 5.74) is 0.682. The van der Waals surface area contributed by atoms with E-state index < -0.39 is 11.4 Å². The van der Waals surface area contributed by atoms with Gasteiger partial charge >= 0.3 is 0 Å². The Morgan fingerprint density at radius 1 is 1.32 bits per heavy atom. The fraction of sp³-hybridized carbons (Fsp3) is 0.250. The van der Waals surface area contributed by atoms with Gasteiger partial charge in [-0.1, -0.05) is 24.2 Å². The third-order valence-electron chi connectivity index (χ3n) is 5.28. The summed E-state index contributed by atoms with van der Waals surface area (Å²) in [5.74, 6) is 0.190. The zero-order valence-electron chi connectivity index (χ0n) is 19.6. The number of anilines is 1. The number of para-hydroxylation sites is 1. The Kier molecular flexibility index (Phi) is 7.36. The van der Waals surface area contributed by atoms with Crippen LogP contribution in [0.2, 0.25) is 5.02 Å². The first-order valence-corrected chi connectivity index (χ1v) is 10.8. The summed E-state index contributed by atoms with van der Waals surface area (Å²) in [6.07, 6.45) is 0.686. The van der Waals surface area contributed by atoms with E-state index >= 15 is 0 Å². The van der Waals surface area contributed by atoms with Crippen LogP contribution in [0.25, 0.3) is 22.0 Å². The molecule has 0 unspecified atom stereocenters. The summed E-state index contributed by atoms with van der Waals surface area (Å²) in [6.45, 7) is 9.66. The number of methoxy groups -OCH3 is 1. The van der Waals surface area contributed by atoms with Crippen LogP contribution in [-0.2, 0) is 4.79 Å². The maximum atomic E-state index is 14.7. The third kappa shape index (κ3) is 4.51. The Hall–Kier alpha value is -3.72. The molecule has 0 saturated heterocycles. The summed E-state index contributed by atoms with van der Waals surface area (Å²) in [5, 5.41) is 11.1. The highest BCUT2D eigenvalue weighted by Crippen LogP contribution is 2.34. The number of nitrogens with zero attached hydrogens (tertiary/aromatic N) is 5. The number of amidine groups is 1. The molecule has 0 N–H and O–H groups in total. The van der Waals surface area contributed by atoms with Gasteiger partial charge in [0, 0.05) is 19.0 Å². The topological polar surface area (TPSA) is 80.0 Å². The van der Waals surface area contributed by atoms with Gasteiger partial charge in [-0.2, -0.15) is 14.9 Å². The average molecular weight is 486 g/mol. The van der Waals surface area contributed by atoms with E-state index in [1.807, 2.05) is 6.92 Å². The van der Waals surface area contributed by atoms with E-state index in [1.54, 1.807) is 33.0 Å². The lowest BCUT2D eigenvalue weighted by molar-refractivity contribution is -0.114. The Labute approximate surface area is 201 Å². The maximum Gasteiger partial charge on any atom is 0.279 e. The summed E-state index contributed by atoms with van der Waals surface area (Å²) < 4.78 is 21.2. The number of rotatable bonds is 7. The van der Waals surface area contributed by atoms with Crippen LogP contribution in [0.15, 0.2) is 46.8 Å². The highest BCUT2D eigenvalue weighted by atomic mass is 35.5. The van der Waals surface area contributed by atoms with Crippen molar-refractivity contribution in [3.8, 4) is 11.4 Å². The normalized spacial score (nSPS) is 11.4. The molecule has 10 heteroatoms. The smallest absolute Gasteiger partial charge is 0.279 e. The molecule has 1 aromatic heterocycles. The van der Waals surface area contributed by atoms with Crippen LogP contribution in [-0.4, -0.2) is 47.6 Å². The van der Waals surface area contributed by atoms with Crippen molar-refractivity contribution in [1.82, 2.24) is 14.7 Å². The molecule has 1 heterocycles. The monoisotopic (exact) mass is 485 g/mol. The molecular weight excluding hydrogens is 461 g/mol.